The summed E-state index contributed by atoms with van der Waals surface area (Å²) in [5.74, 6) is 0. The van der Waals surface area contributed by atoms with Gasteiger partial charge in [0.05, 0.1) is 4.92 Å². The summed E-state index contributed by atoms with van der Waals surface area (Å²) in [7, 11) is 0. The fraction of sp³-hybridized carbons (Fsp3) is 0.143. The minimum Gasteiger partial charge on any atom is -0.381 e. The van der Waals surface area contributed by atoms with Gasteiger partial charge in [0, 0.05) is 22.8 Å². The minimum absolute atomic E-state index is 0.0789. The number of hydrogen-bond acceptors (Lipinski definition) is 3. The van der Waals surface area contributed by atoms with Crippen molar-refractivity contribution in [2.24, 2.45) is 0 Å². The van der Waals surface area contributed by atoms with E-state index in [4.69, 9.17) is 0 Å². The van der Waals surface area contributed by atoms with Crippen molar-refractivity contribution >= 4 is 43.2 Å². The van der Waals surface area contributed by atoms with Crippen LogP contribution in [-0.2, 0) is 6.54 Å². The molecule has 0 fully saturated rings. The Morgan fingerprint density at radius 3 is 2.70 bits per heavy atom. The molecule has 0 saturated carbocycles. The van der Waals surface area contributed by atoms with Crippen LogP contribution >= 0.6 is 31.9 Å². The van der Waals surface area contributed by atoms with E-state index in [9.17, 15) is 10.1 Å². The number of nitro benzene ring substituents is 1. The van der Waals surface area contributed by atoms with Crippen molar-refractivity contribution in [1.82, 2.24) is 0 Å². The second-order valence-corrected chi connectivity index (χ2v) is 6.03. The van der Waals surface area contributed by atoms with E-state index in [1.54, 1.807) is 6.07 Å². The fourth-order valence-corrected chi connectivity index (χ4v) is 2.73. The molecule has 0 saturated heterocycles. The van der Waals surface area contributed by atoms with Crippen molar-refractivity contribution in [3.8, 4) is 0 Å². The second-order valence-electron chi connectivity index (χ2n) is 4.32. The van der Waals surface area contributed by atoms with Crippen LogP contribution in [0, 0.1) is 17.0 Å². The molecule has 0 bridgehead atoms. The molecule has 20 heavy (non-hydrogen) atoms. The molecule has 1 N–H and O–H groups in total. The maximum atomic E-state index is 10.9. The van der Waals surface area contributed by atoms with E-state index < -0.39 is 4.92 Å². The average Bonchev–Trinajstić information content (AvgIpc) is 2.41. The molecule has 6 heteroatoms. The van der Waals surface area contributed by atoms with Gasteiger partial charge in [-0.1, -0.05) is 34.1 Å². The monoisotopic (exact) mass is 398 g/mol. The van der Waals surface area contributed by atoms with Gasteiger partial charge in [-0.2, -0.15) is 0 Å². The molecule has 0 amide bonds. The molecular formula is C14H12Br2N2O2. The highest BCUT2D eigenvalue weighted by Gasteiger charge is 2.14. The van der Waals surface area contributed by atoms with Crippen molar-refractivity contribution in [3.63, 3.8) is 0 Å². The van der Waals surface area contributed by atoms with Crippen LogP contribution in [0.25, 0.3) is 0 Å². The van der Waals surface area contributed by atoms with Gasteiger partial charge < -0.3 is 5.32 Å². The van der Waals surface area contributed by atoms with E-state index in [-0.39, 0.29) is 5.69 Å². The summed E-state index contributed by atoms with van der Waals surface area (Å²) in [6.07, 6.45) is 0. The lowest BCUT2D eigenvalue weighted by Crippen LogP contribution is -2.03. The van der Waals surface area contributed by atoms with Gasteiger partial charge in [0.2, 0.25) is 0 Å². The molecule has 0 atom stereocenters. The average molecular weight is 400 g/mol. The van der Waals surface area contributed by atoms with Crippen LogP contribution in [0.15, 0.2) is 45.3 Å². The number of anilines is 1. The van der Waals surface area contributed by atoms with E-state index in [1.807, 2.05) is 31.2 Å². The van der Waals surface area contributed by atoms with Crippen LogP contribution in [0.2, 0.25) is 0 Å². The Hall–Kier alpha value is -1.40. The third-order valence-corrected chi connectivity index (χ3v) is 4.33. The highest BCUT2D eigenvalue weighted by atomic mass is 79.9. The summed E-state index contributed by atoms with van der Waals surface area (Å²) >= 11 is 6.73. The van der Waals surface area contributed by atoms with Crippen LogP contribution in [-0.4, -0.2) is 4.92 Å². The summed E-state index contributed by atoms with van der Waals surface area (Å²) < 4.78 is 1.51. The van der Waals surface area contributed by atoms with E-state index >= 15 is 0 Å². The van der Waals surface area contributed by atoms with Crippen molar-refractivity contribution < 1.29 is 4.92 Å². The Morgan fingerprint density at radius 1 is 1.25 bits per heavy atom. The van der Waals surface area contributed by atoms with Gasteiger partial charge in [-0.25, -0.2) is 0 Å². The zero-order valence-electron chi connectivity index (χ0n) is 10.7. The van der Waals surface area contributed by atoms with Crippen LogP contribution in [0.3, 0.4) is 0 Å². The van der Waals surface area contributed by atoms with E-state index in [0.717, 1.165) is 21.3 Å². The molecule has 0 spiro atoms. The number of rotatable bonds is 4. The molecule has 2 rings (SSSR count). The van der Waals surface area contributed by atoms with Crippen LogP contribution in [0.4, 0.5) is 11.4 Å². The molecule has 0 aliphatic heterocycles. The maximum Gasteiger partial charge on any atom is 0.283 e. The smallest absolute Gasteiger partial charge is 0.283 e. The molecule has 0 unspecified atom stereocenters. The SMILES string of the molecule is Cc1ccc(Br)cc1NCc1cccc([N+](=O)[O-])c1Br. The molecule has 104 valence electrons. The summed E-state index contributed by atoms with van der Waals surface area (Å²) in [6.45, 7) is 2.52. The van der Waals surface area contributed by atoms with Crippen molar-refractivity contribution in [1.29, 1.82) is 0 Å². The van der Waals surface area contributed by atoms with E-state index in [0.29, 0.717) is 11.0 Å². The first-order valence-corrected chi connectivity index (χ1v) is 7.49. The lowest BCUT2D eigenvalue weighted by molar-refractivity contribution is -0.385. The third kappa shape index (κ3) is 3.37. The Kier molecular flexibility index (Phi) is 4.77. The number of benzene rings is 2. The minimum atomic E-state index is -0.391. The second kappa shape index (κ2) is 6.37. The molecule has 2 aromatic carbocycles. The maximum absolute atomic E-state index is 10.9. The fourth-order valence-electron chi connectivity index (χ4n) is 1.82. The molecule has 0 aliphatic rings. The topological polar surface area (TPSA) is 55.2 Å². The number of hydrogen-bond donors (Lipinski definition) is 1. The predicted molar refractivity (Wildman–Crippen MR) is 87.0 cm³/mol. The zero-order valence-corrected chi connectivity index (χ0v) is 13.9. The standard InChI is InChI=1S/C14H12Br2N2O2/c1-9-5-6-11(15)7-12(9)17-8-10-3-2-4-13(14(10)16)18(19)20/h2-7,17H,8H2,1H3. The number of nitrogens with zero attached hydrogens (tertiary/aromatic N) is 1. The van der Waals surface area contributed by atoms with Crippen LogP contribution < -0.4 is 5.32 Å². The predicted octanol–water partition coefficient (Wildman–Crippen LogP) is 5.04. The highest BCUT2D eigenvalue weighted by molar-refractivity contribution is 9.11. The molecular weight excluding hydrogens is 388 g/mol. The molecule has 0 radical (unpaired) electrons. The largest absolute Gasteiger partial charge is 0.381 e. The van der Waals surface area contributed by atoms with Crippen molar-refractivity contribution in [2.75, 3.05) is 5.32 Å². The van der Waals surface area contributed by atoms with Crippen molar-refractivity contribution in [3.05, 3.63) is 66.6 Å². The molecule has 0 heterocycles. The molecule has 4 nitrogen and oxygen atoms in total. The van der Waals surface area contributed by atoms with Gasteiger partial charge in [0.1, 0.15) is 4.47 Å². The van der Waals surface area contributed by atoms with Crippen LogP contribution in [0.1, 0.15) is 11.1 Å². The summed E-state index contributed by atoms with van der Waals surface area (Å²) in [4.78, 5) is 10.5. The third-order valence-electron chi connectivity index (χ3n) is 2.92. The summed E-state index contributed by atoms with van der Waals surface area (Å²) in [5, 5.41) is 14.2. The Morgan fingerprint density at radius 2 is 2.00 bits per heavy atom. The molecule has 0 aromatic heterocycles. The lowest BCUT2D eigenvalue weighted by Gasteiger charge is -2.11. The van der Waals surface area contributed by atoms with E-state index in [1.165, 1.54) is 6.07 Å². The van der Waals surface area contributed by atoms with E-state index in [2.05, 4.69) is 37.2 Å². The quantitative estimate of drug-likeness (QED) is 0.578. The first-order chi connectivity index (χ1) is 9.49. The first-order valence-electron chi connectivity index (χ1n) is 5.91. The van der Waals surface area contributed by atoms with Gasteiger partial charge in [0.15, 0.2) is 0 Å². The number of nitro groups is 1. The highest BCUT2D eigenvalue weighted by Crippen LogP contribution is 2.29. The van der Waals surface area contributed by atoms with Gasteiger partial charge in [-0.15, -0.1) is 0 Å². The Balaban J connectivity index is 2.21. The normalized spacial score (nSPS) is 10.3. The van der Waals surface area contributed by atoms with Gasteiger partial charge in [-0.3, -0.25) is 10.1 Å². The Labute approximate surface area is 133 Å². The van der Waals surface area contributed by atoms with Crippen molar-refractivity contribution in [2.45, 2.75) is 13.5 Å². The Bertz CT molecular complexity index is 660. The summed E-state index contributed by atoms with van der Waals surface area (Å²) in [6, 6.07) is 11.0. The van der Waals surface area contributed by atoms with Gasteiger partial charge in [0.25, 0.3) is 5.69 Å². The first kappa shape index (κ1) is 15.0. The zero-order chi connectivity index (χ0) is 14.7. The number of aryl methyl sites for hydroxylation is 1. The van der Waals surface area contributed by atoms with Gasteiger partial charge in [-0.05, 0) is 46.1 Å². The van der Waals surface area contributed by atoms with Gasteiger partial charge >= 0.3 is 0 Å². The molecule has 2 aromatic rings. The lowest BCUT2D eigenvalue weighted by atomic mass is 10.1. The number of nitrogens with one attached hydrogen (secondary N) is 1. The van der Waals surface area contributed by atoms with Crippen LogP contribution in [0.5, 0.6) is 0 Å². The summed E-state index contributed by atoms with van der Waals surface area (Å²) in [5.41, 5.74) is 3.04. The molecule has 0 aliphatic carbocycles. The number of halogens is 2.